The van der Waals surface area contributed by atoms with Crippen molar-refractivity contribution in [3.8, 4) is 0 Å². The number of rotatable bonds is 70. The van der Waals surface area contributed by atoms with Crippen LogP contribution in [-0.2, 0) is 65.4 Å². The standard InChI is InChI=1S/C72H136O17P2/c1-6-9-12-15-18-21-24-26-28-30-32-35-38-41-48-53-58-72(77)88-67(61-82-69(74)55-50-45-39-36-34-31-29-27-25-22-19-16-13-10-7-2)63-86-90(78,79)84-59-66(73)60-85-91(80,81)87-64-68(62-83-70(75)56-51-46-43-42-44-49-54-65(4)5)89-71(76)57-52-47-40-37-33-23-20-17-14-11-8-3/h22,25,27,29,65-68,73H,6-21,23-24,26,28,30-64H2,1-5H3,(H,78,79)(H,80,81)/b25-22-,29-27-/t66-,67-,68-/m1/s1. The predicted octanol–water partition coefficient (Wildman–Crippen LogP) is 20.5. The molecular weight excluding hydrogens is 1200 g/mol. The first kappa shape index (κ1) is 88.5. The molecule has 19 heteroatoms. The molecule has 0 fully saturated rings. The van der Waals surface area contributed by atoms with E-state index >= 15 is 0 Å². The van der Waals surface area contributed by atoms with E-state index in [1.165, 1.54) is 148 Å². The summed E-state index contributed by atoms with van der Waals surface area (Å²) in [7, 11) is -9.91. The second-order valence-corrected chi connectivity index (χ2v) is 28.7. The molecule has 5 atom stereocenters. The van der Waals surface area contributed by atoms with Crippen molar-refractivity contribution in [2.24, 2.45) is 5.92 Å². The van der Waals surface area contributed by atoms with Gasteiger partial charge in [-0.3, -0.25) is 37.3 Å². The van der Waals surface area contributed by atoms with Gasteiger partial charge in [0.2, 0.25) is 0 Å². The monoisotopic (exact) mass is 1330 g/mol. The van der Waals surface area contributed by atoms with Crippen molar-refractivity contribution in [2.75, 3.05) is 39.6 Å². The molecule has 0 aliphatic carbocycles. The number of allylic oxidation sites excluding steroid dienone is 4. The van der Waals surface area contributed by atoms with Crippen LogP contribution in [0.5, 0.6) is 0 Å². The molecule has 0 bridgehead atoms. The minimum Gasteiger partial charge on any atom is -0.462 e. The van der Waals surface area contributed by atoms with Crippen LogP contribution in [0.25, 0.3) is 0 Å². The number of unbranched alkanes of at least 4 members (excludes halogenated alkanes) is 39. The number of aliphatic hydroxyl groups excluding tert-OH is 1. The number of ether oxygens (including phenoxy) is 4. The first-order chi connectivity index (χ1) is 44.0. The van der Waals surface area contributed by atoms with Gasteiger partial charge in [-0.1, -0.05) is 296 Å². The zero-order valence-corrected chi connectivity index (χ0v) is 60.3. The van der Waals surface area contributed by atoms with Crippen LogP contribution in [0.4, 0.5) is 0 Å². The van der Waals surface area contributed by atoms with E-state index in [0.717, 1.165) is 116 Å². The highest BCUT2D eigenvalue weighted by atomic mass is 31.2. The third kappa shape index (κ3) is 66.0. The molecule has 536 valence electrons. The Bertz CT molecular complexity index is 1850. The summed E-state index contributed by atoms with van der Waals surface area (Å²) in [5.41, 5.74) is 0. The minimum absolute atomic E-state index is 0.101. The third-order valence-electron chi connectivity index (χ3n) is 16.2. The molecular formula is C72H136O17P2. The largest absolute Gasteiger partial charge is 0.472 e. The fourth-order valence-corrected chi connectivity index (χ4v) is 12.0. The summed E-state index contributed by atoms with van der Waals surface area (Å²) in [6.07, 6.45) is 55.0. The highest BCUT2D eigenvalue weighted by Gasteiger charge is 2.30. The van der Waals surface area contributed by atoms with Crippen LogP contribution < -0.4 is 0 Å². The zero-order valence-electron chi connectivity index (χ0n) is 58.5. The fourth-order valence-electron chi connectivity index (χ4n) is 10.5. The molecule has 0 radical (unpaired) electrons. The van der Waals surface area contributed by atoms with Gasteiger partial charge in [-0.05, 0) is 57.3 Å². The SMILES string of the molecule is CCCCCC/C=C\C=C/CCCCCCCC(=O)OC[C@H](COP(=O)(O)OC[C@@H](O)COP(=O)(O)OC[C@@H](COC(=O)CCCCCCCCC(C)C)OC(=O)CCCCCCCCCCCCC)OC(=O)CCCCCCCCCCCCCCCCCC. The molecule has 0 aromatic heterocycles. The number of hydrogen-bond donors (Lipinski definition) is 3. The van der Waals surface area contributed by atoms with Crippen LogP contribution in [-0.4, -0.2) is 96.7 Å². The molecule has 0 aromatic carbocycles. The number of carbonyl (C=O) groups excluding carboxylic acids is 4. The third-order valence-corrected chi connectivity index (χ3v) is 18.1. The average molecular weight is 1340 g/mol. The van der Waals surface area contributed by atoms with E-state index in [2.05, 4.69) is 58.9 Å². The Balaban J connectivity index is 5.27. The summed E-state index contributed by atoms with van der Waals surface area (Å²) < 4.78 is 68.3. The lowest BCUT2D eigenvalue weighted by atomic mass is 10.0. The van der Waals surface area contributed by atoms with Gasteiger partial charge in [0.15, 0.2) is 12.2 Å². The smallest absolute Gasteiger partial charge is 0.462 e. The van der Waals surface area contributed by atoms with Crippen LogP contribution in [0, 0.1) is 5.92 Å². The van der Waals surface area contributed by atoms with Crippen LogP contribution in [0.2, 0.25) is 0 Å². The second kappa shape index (κ2) is 64.9. The molecule has 0 spiro atoms. The predicted molar refractivity (Wildman–Crippen MR) is 368 cm³/mol. The maximum Gasteiger partial charge on any atom is 0.472 e. The normalized spacial score (nSPS) is 14.2. The molecule has 0 heterocycles. The van der Waals surface area contributed by atoms with Gasteiger partial charge in [0.25, 0.3) is 0 Å². The molecule has 17 nitrogen and oxygen atoms in total. The van der Waals surface area contributed by atoms with Crippen molar-refractivity contribution >= 4 is 39.5 Å². The highest BCUT2D eigenvalue weighted by Crippen LogP contribution is 2.45. The molecule has 0 rings (SSSR count). The van der Waals surface area contributed by atoms with Gasteiger partial charge < -0.3 is 33.8 Å². The van der Waals surface area contributed by atoms with Gasteiger partial charge in [-0.15, -0.1) is 0 Å². The van der Waals surface area contributed by atoms with Crippen molar-refractivity contribution in [1.29, 1.82) is 0 Å². The van der Waals surface area contributed by atoms with Crippen molar-refractivity contribution < 1.29 is 80.2 Å². The molecule has 91 heavy (non-hydrogen) atoms. The quantitative estimate of drug-likeness (QED) is 0.0169. The summed E-state index contributed by atoms with van der Waals surface area (Å²) in [5, 5.41) is 10.6. The number of phosphoric acid groups is 2. The van der Waals surface area contributed by atoms with Gasteiger partial charge in [0.1, 0.15) is 19.3 Å². The molecule has 0 saturated heterocycles. The van der Waals surface area contributed by atoms with E-state index in [1.807, 2.05) is 0 Å². The zero-order chi connectivity index (χ0) is 67.0. The van der Waals surface area contributed by atoms with Crippen molar-refractivity contribution in [2.45, 2.75) is 368 Å². The molecule has 0 aliphatic heterocycles. The lowest BCUT2D eigenvalue weighted by molar-refractivity contribution is -0.161. The molecule has 3 N–H and O–H groups in total. The Kier molecular flexibility index (Phi) is 63.1. The number of carbonyl (C=O) groups is 4. The topological polar surface area (TPSA) is 237 Å². The van der Waals surface area contributed by atoms with Crippen LogP contribution >= 0.6 is 15.6 Å². The van der Waals surface area contributed by atoms with Gasteiger partial charge in [0, 0.05) is 25.7 Å². The van der Waals surface area contributed by atoms with Crippen LogP contribution in [0.3, 0.4) is 0 Å². The van der Waals surface area contributed by atoms with E-state index in [-0.39, 0.29) is 25.7 Å². The van der Waals surface area contributed by atoms with Crippen molar-refractivity contribution in [1.82, 2.24) is 0 Å². The van der Waals surface area contributed by atoms with Crippen LogP contribution in [0.15, 0.2) is 24.3 Å². The number of aliphatic hydroxyl groups is 1. The van der Waals surface area contributed by atoms with E-state index in [4.69, 9.17) is 37.0 Å². The summed E-state index contributed by atoms with van der Waals surface area (Å²) in [5.74, 6) is -1.47. The fraction of sp³-hybridized carbons (Fsp3) is 0.889. The van der Waals surface area contributed by atoms with Crippen molar-refractivity contribution in [3.05, 3.63) is 24.3 Å². The highest BCUT2D eigenvalue weighted by molar-refractivity contribution is 7.47. The Morgan fingerprint density at radius 3 is 0.901 bits per heavy atom. The maximum atomic E-state index is 13.0. The van der Waals surface area contributed by atoms with Gasteiger partial charge >= 0.3 is 39.5 Å². The Hall–Kier alpha value is -2.46. The van der Waals surface area contributed by atoms with E-state index in [0.29, 0.717) is 31.6 Å². The molecule has 2 unspecified atom stereocenters. The summed E-state index contributed by atoms with van der Waals surface area (Å²) in [6, 6.07) is 0. The maximum absolute atomic E-state index is 13.0. The first-order valence-electron chi connectivity index (χ1n) is 37.0. The number of hydrogen-bond acceptors (Lipinski definition) is 15. The molecule has 0 aromatic rings. The average Bonchev–Trinajstić information content (AvgIpc) is 2.39. The van der Waals surface area contributed by atoms with Gasteiger partial charge in [-0.25, -0.2) is 9.13 Å². The Morgan fingerprint density at radius 2 is 0.593 bits per heavy atom. The van der Waals surface area contributed by atoms with E-state index in [1.54, 1.807) is 0 Å². The molecule has 0 aliphatic rings. The summed E-state index contributed by atoms with van der Waals surface area (Å²) in [6.45, 7) is 7.11. The van der Waals surface area contributed by atoms with Crippen LogP contribution in [0.1, 0.15) is 349 Å². The van der Waals surface area contributed by atoms with Crippen molar-refractivity contribution in [3.63, 3.8) is 0 Å². The minimum atomic E-state index is -4.96. The number of esters is 4. The first-order valence-corrected chi connectivity index (χ1v) is 39.9. The molecule has 0 amide bonds. The van der Waals surface area contributed by atoms with E-state index < -0.39 is 97.5 Å². The lowest BCUT2D eigenvalue weighted by Crippen LogP contribution is -2.30. The lowest BCUT2D eigenvalue weighted by Gasteiger charge is -2.21. The Labute approximate surface area is 554 Å². The summed E-state index contributed by atoms with van der Waals surface area (Å²) >= 11 is 0. The summed E-state index contributed by atoms with van der Waals surface area (Å²) in [4.78, 5) is 72.5. The second-order valence-electron chi connectivity index (χ2n) is 25.8. The Morgan fingerprint density at radius 1 is 0.341 bits per heavy atom. The molecule has 0 saturated carbocycles. The van der Waals surface area contributed by atoms with E-state index in [9.17, 15) is 43.2 Å². The van der Waals surface area contributed by atoms with Gasteiger partial charge in [-0.2, -0.15) is 0 Å². The van der Waals surface area contributed by atoms with Gasteiger partial charge in [0.05, 0.1) is 26.4 Å². The number of phosphoric ester groups is 2.